The second-order valence-corrected chi connectivity index (χ2v) is 8.50. The van der Waals surface area contributed by atoms with Gasteiger partial charge in [0.05, 0.1) is 5.54 Å². The standard InChI is InChI=1S/C15H21ClN2O3S/c1-18(2)22(20,21)11-14(19)17-15(9-3-4-10-15)12-5-7-13(16)8-6-12/h5-8H,3-4,9-11H2,1-2H3,(H,17,19). The van der Waals surface area contributed by atoms with Crippen LogP contribution >= 0.6 is 11.6 Å². The van der Waals surface area contributed by atoms with Crippen LogP contribution in [0.3, 0.4) is 0 Å². The zero-order valence-corrected chi connectivity index (χ0v) is 14.4. The molecule has 1 aromatic rings. The molecule has 2 rings (SSSR count). The maximum atomic E-state index is 12.2. The highest BCUT2D eigenvalue weighted by Crippen LogP contribution is 2.39. The molecule has 1 aromatic carbocycles. The molecule has 1 aliphatic carbocycles. The van der Waals surface area contributed by atoms with Crippen molar-refractivity contribution in [3.05, 3.63) is 34.9 Å². The number of nitrogens with zero attached hydrogens (tertiary/aromatic N) is 1. The van der Waals surface area contributed by atoms with E-state index in [2.05, 4.69) is 5.32 Å². The zero-order chi connectivity index (χ0) is 16.4. The molecular weight excluding hydrogens is 324 g/mol. The third kappa shape index (κ3) is 3.80. The molecule has 5 nitrogen and oxygen atoms in total. The summed E-state index contributed by atoms with van der Waals surface area (Å²) >= 11 is 5.92. The topological polar surface area (TPSA) is 66.5 Å². The third-order valence-corrected chi connectivity index (χ3v) is 6.09. The van der Waals surface area contributed by atoms with Gasteiger partial charge in [0.25, 0.3) is 0 Å². The second kappa shape index (κ2) is 6.56. The fourth-order valence-electron chi connectivity index (χ4n) is 2.83. The van der Waals surface area contributed by atoms with Crippen molar-refractivity contribution >= 4 is 27.5 Å². The molecule has 0 unspecified atom stereocenters. The molecule has 0 aromatic heterocycles. The zero-order valence-electron chi connectivity index (χ0n) is 12.8. The fourth-order valence-corrected chi connectivity index (χ4v) is 3.62. The molecule has 0 atom stereocenters. The lowest BCUT2D eigenvalue weighted by Gasteiger charge is -2.31. The van der Waals surface area contributed by atoms with Gasteiger partial charge in [0, 0.05) is 19.1 Å². The molecule has 0 heterocycles. The Bertz CT molecular complexity index is 635. The monoisotopic (exact) mass is 344 g/mol. The first-order chi connectivity index (χ1) is 10.3. The number of hydrogen-bond acceptors (Lipinski definition) is 3. The van der Waals surface area contributed by atoms with Crippen LogP contribution in [0.15, 0.2) is 24.3 Å². The molecule has 1 N–H and O–H groups in total. The molecule has 122 valence electrons. The maximum absolute atomic E-state index is 12.2. The summed E-state index contributed by atoms with van der Waals surface area (Å²) in [7, 11) is -0.707. The van der Waals surface area contributed by atoms with Crippen LogP contribution in [-0.2, 0) is 20.4 Å². The largest absolute Gasteiger partial charge is 0.346 e. The number of carbonyl (C=O) groups is 1. The summed E-state index contributed by atoms with van der Waals surface area (Å²) in [4.78, 5) is 12.2. The molecule has 1 aliphatic rings. The fraction of sp³-hybridized carbons (Fsp3) is 0.533. The lowest BCUT2D eigenvalue weighted by molar-refractivity contribution is -0.120. The summed E-state index contributed by atoms with van der Waals surface area (Å²) in [5.41, 5.74) is 0.494. The van der Waals surface area contributed by atoms with Gasteiger partial charge >= 0.3 is 0 Å². The van der Waals surface area contributed by atoms with E-state index in [-0.39, 0.29) is 0 Å². The molecule has 1 amide bonds. The van der Waals surface area contributed by atoms with E-state index in [0.29, 0.717) is 5.02 Å². The number of carbonyl (C=O) groups excluding carboxylic acids is 1. The van der Waals surface area contributed by atoms with E-state index in [1.807, 2.05) is 12.1 Å². The molecule has 7 heteroatoms. The van der Waals surface area contributed by atoms with Crippen LogP contribution in [-0.4, -0.2) is 38.5 Å². The Balaban J connectivity index is 2.19. The van der Waals surface area contributed by atoms with Gasteiger partial charge in [-0.05, 0) is 30.5 Å². The van der Waals surface area contributed by atoms with Crippen LogP contribution in [0.4, 0.5) is 0 Å². The smallest absolute Gasteiger partial charge is 0.237 e. The molecule has 0 aliphatic heterocycles. The molecular formula is C15H21ClN2O3S. The van der Waals surface area contributed by atoms with E-state index < -0.39 is 27.2 Å². The van der Waals surface area contributed by atoms with Gasteiger partial charge in [-0.2, -0.15) is 0 Å². The number of benzene rings is 1. The summed E-state index contributed by atoms with van der Waals surface area (Å²) in [5.74, 6) is -0.999. The van der Waals surface area contributed by atoms with E-state index in [9.17, 15) is 13.2 Å². The Kier molecular flexibility index (Phi) is 5.14. The Morgan fingerprint density at radius 1 is 1.23 bits per heavy atom. The van der Waals surface area contributed by atoms with Gasteiger partial charge in [-0.1, -0.05) is 36.6 Å². The first-order valence-electron chi connectivity index (χ1n) is 7.22. The van der Waals surface area contributed by atoms with Crippen molar-refractivity contribution < 1.29 is 13.2 Å². The molecule has 0 radical (unpaired) electrons. The molecule has 1 saturated carbocycles. The Labute approximate surface area is 136 Å². The molecule has 1 fully saturated rings. The number of sulfonamides is 1. The highest BCUT2D eigenvalue weighted by atomic mass is 35.5. The van der Waals surface area contributed by atoms with Crippen LogP contribution in [0, 0.1) is 0 Å². The number of nitrogens with one attached hydrogen (secondary N) is 1. The van der Waals surface area contributed by atoms with Crippen LogP contribution < -0.4 is 5.32 Å². The van der Waals surface area contributed by atoms with Crippen LogP contribution in [0.1, 0.15) is 31.2 Å². The molecule has 22 heavy (non-hydrogen) atoms. The average molecular weight is 345 g/mol. The van der Waals surface area contributed by atoms with Gasteiger partial charge < -0.3 is 5.32 Å². The van der Waals surface area contributed by atoms with E-state index in [1.54, 1.807) is 12.1 Å². The van der Waals surface area contributed by atoms with Crippen LogP contribution in [0.2, 0.25) is 5.02 Å². The SMILES string of the molecule is CN(C)S(=O)(=O)CC(=O)NC1(c2ccc(Cl)cc2)CCCC1. The quantitative estimate of drug-likeness (QED) is 0.889. The lowest BCUT2D eigenvalue weighted by atomic mass is 9.88. The van der Waals surface area contributed by atoms with Gasteiger partial charge in [0.2, 0.25) is 15.9 Å². The van der Waals surface area contributed by atoms with Gasteiger partial charge in [-0.15, -0.1) is 0 Å². The number of hydrogen-bond donors (Lipinski definition) is 1. The van der Waals surface area contributed by atoms with Crippen molar-refractivity contribution in [2.75, 3.05) is 19.8 Å². The predicted molar refractivity (Wildman–Crippen MR) is 87.2 cm³/mol. The lowest BCUT2D eigenvalue weighted by Crippen LogP contribution is -2.47. The highest BCUT2D eigenvalue weighted by molar-refractivity contribution is 7.89. The number of rotatable bonds is 5. The summed E-state index contributed by atoms with van der Waals surface area (Å²) in [6, 6.07) is 7.38. The normalized spacial score (nSPS) is 17.6. The summed E-state index contributed by atoms with van der Waals surface area (Å²) in [5, 5.41) is 3.59. The van der Waals surface area contributed by atoms with Crippen molar-refractivity contribution in [2.24, 2.45) is 0 Å². The summed E-state index contributed by atoms with van der Waals surface area (Å²) in [6.45, 7) is 0. The third-order valence-electron chi connectivity index (χ3n) is 4.10. The average Bonchev–Trinajstić information content (AvgIpc) is 2.88. The van der Waals surface area contributed by atoms with Crippen LogP contribution in [0.25, 0.3) is 0 Å². The minimum absolute atomic E-state index is 0.467. The molecule has 0 spiro atoms. The summed E-state index contributed by atoms with van der Waals surface area (Å²) in [6.07, 6.45) is 3.62. The number of halogens is 1. The minimum Gasteiger partial charge on any atom is -0.346 e. The first-order valence-corrected chi connectivity index (χ1v) is 9.21. The Morgan fingerprint density at radius 2 is 1.77 bits per heavy atom. The Hall–Kier alpha value is -1.11. The van der Waals surface area contributed by atoms with E-state index in [0.717, 1.165) is 35.6 Å². The highest BCUT2D eigenvalue weighted by Gasteiger charge is 2.37. The van der Waals surface area contributed by atoms with Crippen molar-refractivity contribution in [3.8, 4) is 0 Å². The predicted octanol–water partition coefficient (Wildman–Crippen LogP) is 2.12. The van der Waals surface area contributed by atoms with E-state index in [4.69, 9.17) is 11.6 Å². The first kappa shape index (κ1) is 17.2. The van der Waals surface area contributed by atoms with Gasteiger partial charge in [-0.25, -0.2) is 12.7 Å². The second-order valence-electron chi connectivity index (χ2n) is 5.88. The van der Waals surface area contributed by atoms with Gasteiger partial charge in [-0.3, -0.25) is 4.79 Å². The molecule has 0 saturated heterocycles. The minimum atomic E-state index is -3.55. The van der Waals surface area contributed by atoms with Crippen molar-refractivity contribution in [2.45, 2.75) is 31.2 Å². The van der Waals surface area contributed by atoms with Crippen molar-refractivity contribution in [3.63, 3.8) is 0 Å². The van der Waals surface area contributed by atoms with E-state index in [1.165, 1.54) is 14.1 Å². The van der Waals surface area contributed by atoms with E-state index >= 15 is 0 Å². The number of amides is 1. The van der Waals surface area contributed by atoms with Gasteiger partial charge in [0.1, 0.15) is 5.75 Å². The van der Waals surface area contributed by atoms with Crippen LogP contribution in [0.5, 0.6) is 0 Å². The summed E-state index contributed by atoms with van der Waals surface area (Å²) < 4.78 is 24.8. The maximum Gasteiger partial charge on any atom is 0.237 e. The molecule has 0 bridgehead atoms. The van der Waals surface area contributed by atoms with Crippen molar-refractivity contribution in [1.29, 1.82) is 0 Å². The Morgan fingerprint density at radius 3 is 2.27 bits per heavy atom. The van der Waals surface area contributed by atoms with Gasteiger partial charge in [0.15, 0.2) is 0 Å². The van der Waals surface area contributed by atoms with Crippen molar-refractivity contribution in [1.82, 2.24) is 9.62 Å².